The first kappa shape index (κ1) is 36.2. The molecule has 0 amide bonds. The zero-order valence-electron chi connectivity index (χ0n) is 31.7. The van der Waals surface area contributed by atoms with Gasteiger partial charge in [-0.05, 0) is 112 Å². The van der Waals surface area contributed by atoms with E-state index < -0.39 is 23.0 Å². The monoisotopic (exact) mass is 714 g/mol. The second-order valence-corrected chi connectivity index (χ2v) is 22.9. The van der Waals surface area contributed by atoms with E-state index in [2.05, 4.69) is 190 Å². The fourth-order valence-electron chi connectivity index (χ4n) is 9.12. The summed E-state index contributed by atoms with van der Waals surface area (Å²) in [6.07, 6.45) is 1.12. The van der Waals surface area contributed by atoms with Gasteiger partial charge in [0.05, 0.1) is 0 Å². The van der Waals surface area contributed by atoms with Gasteiger partial charge < -0.3 is 0 Å². The molecule has 0 aliphatic carbocycles. The lowest BCUT2D eigenvalue weighted by Crippen LogP contribution is -2.56. The van der Waals surface area contributed by atoms with Crippen LogP contribution in [0.2, 0.25) is 0 Å². The summed E-state index contributed by atoms with van der Waals surface area (Å²) in [5.74, 6) is 0. The second kappa shape index (κ2) is 15.0. The normalized spacial score (nSPS) is 17.6. The SMILES string of the molecule is Cc1cc(C)c(P2B(c3ccccc3)P(c3c(C)cc(C)cc3C)B(c3ccccc3)P(c3c(C)cc(C)cc3C)B2c2ccccc2)c(C)c1. The van der Waals surface area contributed by atoms with Gasteiger partial charge in [0.2, 0.25) is 18.5 Å². The fraction of sp³-hybridized carbons (Fsp3) is 0.200. The van der Waals surface area contributed by atoms with Gasteiger partial charge in [-0.25, -0.2) is 0 Å². The van der Waals surface area contributed by atoms with Crippen LogP contribution < -0.4 is 32.3 Å². The Kier molecular flexibility index (Phi) is 10.7. The third-order valence-electron chi connectivity index (χ3n) is 10.6. The molecule has 0 aromatic heterocycles. The summed E-state index contributed by atoms with van der Waals surface area (Å²) in [4.78, 5) is 0. The molecule has 0 saturated carbocycles. The maximum absolute atomic E-state index is 2.47. The van der Waals surface area contributed by atoms with Crippen LogP contribution in [-0.2, 0) is 0 Å². The molecule has 51 heavy (non-hydrogen) atoms. The highest BCUT2D eigenvalue weighted by atomic mass is 31.2. The molecule has 1 aliphatic rings. The predicted octanol–water partition coefficient (Wildman–Crippen LogP) is 9.38. The van der Waals surface area contributed by atoms with Crippen LogP contribution in [0.4, 0.5) is 0 Å². The molecule has 0 unspecified atom stereocenters. The van der Waals surface area contributed by atoms with Gasteiger partial charge in [0.15, 0.2) is 0 Å². The van der Waals surface area contributed by atoms with Gasteiger partial charge >= 0.3 is 0 Å². The van der Waals surface area contributed by atoms with Gasteiger partial charge in [-0.2, -0.15) is 0 Å². The molecule has 1 saturated heterocycles. The number of benzene rings is 6. The minimum absolute atomic E-state index is 0.372. The molecule has 0 bridgehead atoms. The highest BCUT2D eigenvalue weighted by Gasteiger charge is 2.58. The minimum atomic E-state index is -0.750. The standard InChI is InChI=1S/C45H48B3P3/c1-31-25-34(4)43(35(5)26-31)49-46(40-19-13-10-14-20-40)50(44-36(6)27-32(2)28-37(44)7)48(42-23-17-12-18-24-42)51(47(49)41-21-15-11-16-22-41)45-38(8)29-33(3)30-39(45)9/h10-30H,1-9H3. The molecule has 6 heteroatoms. The van der Waals surface area contributed by atoms with E-state index in [1.54, 1.807) is 15.9 Å². The van der Waals surface area contributed by atoms with Crippen molar-refractivity contribution in [1.82, 2.24) is 0 Å². The van der Waals surface area contributed by atoms with E-state index in [0.717, 1.165) is 0 Å². The largest absolute Gasteiger partial charge is 0.226 e. The molecule has 0 nitrogen and oxygen atoms in total. The molecule has 0 atom stereocenters. The van der Waals surface area contributed by atoms with Crippen LogP contribution >= 0.6 is 23.0 Å². The van der Waals surface area contributed by atoms with Crippen molar-refractivity contribution in [3.05, 3.63) is 177 Å². The first-order valence-corrected chi connectivity index (χ1v) is 22.7. The average Bonchev–Trinajstić information content (AvgIpc) is 3.08. The molecule has 1 fully saturated rings. The molecule has 252 valence electrons. The molecule has 0 spiro atoms. The molecule has 7 rings (SSSR count). The second-order valence-electron chi connectivity index (χ2n) is 14.8. The Labute approximate surface area is 312 Å². The number of rotatable bonds is 6. The van der Waals surface area contributed by atoms with Crippen molar-refractivity contribution in [2.45, 2.75) is 62.3 Å². The van der Waals surface area contributed by atoms with Crippen molar-refractivity contribution in [2.75, 3.05) is 0 Å². The molecule has 6 aromatic carbocycles. The Morgan fingerprint density at radius 3 is 0.686 bits per heavy atom. The zero-order chi connectivity index (χ0) is 36.0. The smallest absolute Gasteiger partial charge is 0.120 e. The van der Waals surface area contributed by atoms with Crippen molar-refractivity contribution in [3.63, 3.8) is 0 Å². The average molecular weight is 714 g/mol. The van der Waals surface area contributed by atoms with E-state index >= 15 is 0 Å². The van der Waals surface area contributed by atoms with Crippen molar-refractivity contribution in [3.8, 4) is 0 Å². The highest BCUT2D eigenvalue weighted by Crippen LogP contribution is 2.74. The van der Waals surface area contributed by atoms with Crippen LogP contribution in [0.1, 0.15) is 50.1 Å². The maximum Gasteiger partial charge on any atom is 0.226 e. The van der Waals surface area contributed by atoms with Gasteiger partial charge in [0.25, 0.3) is 0 Å². The fourth-order valence-corrected chi connectivity index (χ4v) is 25.8. The Bertz CT molecular complexity index is 1860. The van der Waals surface area contributed by atoms with E-state index in [9.17, 15) is 0 Å². The summed E-state index contributed by atoms with van der Waals surface area (Å²) in [7, 11) is -2.25. The number of hydrogen-bond acceptors (Lipinski definition) is 0. The van der Waals surface area contributed by atoms with Crippen LogP contribution in [0.15, 0.2) is 127 Å². The van der Waals surface area contributed by atoms with Crippen LogP contribution in [0.3, 0.4) is 0 Å². The Morgan fingerprint density at radius 2 is 0.490 bits per heavy atom. The summed E-state index contributed by atoms with van der Waals surface area (Å²) < 4.78 is 0. The first-order valence-electron chi connectivity index (χ1n) is 18.3. The summed E-state index contributed by atoms with van der Waals surface area (Å²) in [5.41, 5.74) is 17.3. The van der Waals surface area contributed by atoms with E-state index in [1.807, 2.05) is 0 Å². The van der Waals surface area contributed by atoms with Gasteiger partial charge in [0, 0.05) is 0 Å². The molecular formula is C45H48B3P3. The highest BCUT2D eigenvalue weighted by molar-refractivity contribution is 8.66. The third-order valence-corrected chi connectivity index (χ3v) is 23.6. The van der Waals surface area contributed by atoms with Crippen molar-refractivity contribution >= 4 is 73.8 Å². The van der Waals surface area contributed by atoms with E-state index in [1.165, 1.54) is 66.5 Å². The summed E-state index contributed by atoms with van der Waals surface area (Å²) >= 11 is 0. The lowest BCUT2D eigenvalue weighted by atomic mass is 9.87. The summed E-state index contributed by atoms with van der Waals surface area (Å²) in [5, 5.41) is 4.86. The van der Waals surface area contributed by atoms with Crippen molar-refractivity contribution < 1.29 is 0 Å². The molecule has 0 radical (unpaired) electrons. The Hall–Kier alpha value is -3.20. The molecular weight excluding hydrogens is 666 g/mol. The van der Waals surface area contributed by atoms with Gasteiger partial charge in [-0.1, -0.05) is 160 Å². The van der Waals surface area contributed by atoms with Crippen LogP contribution in [0.25, 0.3) is 0 Å². The van der Waals surface area contributed by atoms with Crippen molar-refractivity contribution in [1.29, 1.82) is 0 Å². The molecule has 6 aromatic rings. The lowest BCUT2D eigenvalue weighted by Gasteiger charge is -2.52. The minimum Gasteiger partial charge on any atom is -0.120 e. The van der Waals surface area contributed by atoms with Crippen LogP contribution in [0, 0.1) is 62.3 Å². The maximum atomic E-state index is 2.47. The molecule has 1 aliphatic heterocycles. The number of aryl methyl sites for hydroxylation is 9. The van der Waals surface area contributed by atoms with Gasteiger partial charge in [0.1, 0.15) is 0 Å². The van der Waals surface area contributed by atoms with E-state index in [4.69, 9.17) is 0 Å². The number of hydrogen-bond donors (Lipinski definition) is 0. The van der Waals surface area contributed by atoms with Crippen LogP contribution in [-0.4, -0.2) is 18.5 Å². The molecule has 0 N–H and O–H groups in total. The van der Waals surface area contributed by atoms with Crippen molar-refractivity contribution in [2.24, 2.45) is 0 Å². The van der Waals surface area contributed by atoms with E-state index in [0.29, 0.717) is 18.5 Å². The molecule has 1 heterocycles. The van der Waals surface area contributed by atoms with E-state index in [-0.39, 0.29) is 0 Å². The zero-order valence-corrected chi connectivity index (χ0v) is 34.4. The van der Waals surface area contributed by atoms with Gasteiger partial charge in [-0.3, -0.25) is 0 Å². The first-order chi connectivity index (χ1) is 24.5. The Morgan fingerprint density at radius 1 is 0.294 bits per heavy atom. The lowest BCUT2D eigenvalue weighted by molar-refractivity contribution is 1.36. The quantitative estimate of drug-likeness (QED) is 0.119. The Balaban J connectivity index is 1.71. The third kappa shape index (κ3) is 6.89. The van der Waals surface area contributed by atoms with Crippen LogP contribution in [0.5, 0.6) is 0 Å². The summed E-state index contributed by atoms with van der Waals surface area (Å²) in [6, 6.07) is 50.0. The predicted molar refractivity (Wildman–Crippen MR) is 237 cm³/mol. The summed E-state index contributed by atoms with van der Waals surface area (Å²) in [6.45, 7) is 21.2. The topological polar surface area (TPSA) is 0 Å². The van der Waals surface area contributed by atoms with Gasteiger partial charge in [-0.15, -0.1) is 23.0 Å².